The molecule has 0 spiro atoms. The van der Waals surface area contributed by atoms with Crippen LogP contribution in [0.3, 0.4) is 0 Å². The summed E-state index contributed by atoms with van der Waals surface area (Å²) >= 11 is 0. The predicted octanol–water partition coefficient (Wildman–Crippen LogP) is 3.24. The number of rotatable bonds is 10. The van der Waals surface area contributed by atoms with Crippen LogP contribution in [0, 0.1) is 0 Å². The molecule has 2 aromatic rings. The predicted molar refractivity (Wildman–Crippen MR) is 102 cm³/mol. The van der Waals surface area contributed by atoms with Gasteiger partial charge in [-0.2, -0.15) is 0 Å². The molecule has 0 atom stereocenters. The van der Waals surface area contributed by atoms with Crippen LogP contribution in [0.1, 0.15) is 36.0 Å². The number of carbonyl (C=O) groups excluding carboxylic acids is 1. The second-order valence-corrected chi connectivity index (χ2v) is 6.04. The average molecular weight is 375 g/mol. The second kappa shape index (κ2) is 9.66. The highest BCUT2D eigenvalue weighted by atomic mass is 16.5. The SMILES string of the molecule is COc1cc2cc(C(=O)NCCCCCC(=O)O)ccc2c(OC)c1OC. The Kier molecular flexibility index (Phi) is 7.28. The van der Waals surface area contributed by atoms with Gasteiger partial charge in [0.1, 0.15) is 0 Å². The summed E-state index contributed by atoms with van der Waals surface area (Å²) in [5, 5.41) is 13.1. The van der Waals surface area contributed by atoms with Crippen molar-refractivity contribution in [1.82, 2.24) is 5.32 Å². The van der Waals surface area contributed by atoms with Crippen LogP contribution >= 0.6 is 0 Å². The number of methoxy groups -OCH3 is 3. The number of hydrogen-bond donors (Lipinski definition) is 2. The van der Waals surface area contributed by atoms with Crippen LogP contribution < -0.4 is 19.5 Å². The van der Waals surface area contributed by atoms with Gasteiger partial charge in [0.25, 0.3) is 5.91 Å². The summed E-state index contributed by atoms with van der Waals surface area (Å²) < 4.78 is 16.2. The Hall–Kier alpha value is -2.96. The van der Waals surface area contributed by atoms with Gasteiger partial charge in [0, 0.05) is 23.9 Å². The molecule has 0 bridgehead atoms. The maximum absolute atomic E-state index is 12.4. The number of carboxylic acid groups (broad SMARTS) is 1. The lowest BCUT2D eigenvalue weighted by Crippen LogP contribution is -2.24. The van der Waals surface area contributed by atoms with E-state index < -0.39 is 5.97 Å². The van der Waals surface area contributed by atoms with Gasteiger partial charge < -0.3 is 24.6 Å². The van der Waals surface area contributed by atoms with Crippen molar-refractivity contribution in [2.45, 2.75) is 25.7 Å². The molecule has 1 amide bonds. The highest BCUT2D eigenvalue weighted by Gasteiger charge is 2.17. The van der Waals surface area contributed by atoms with Crippen molar-refractivity contribution in [2.75, 3.05) is 27.9 Å². The normalized spacial score (nSPS) is 10.5. The number of nitrogens with one attached hydrogen (secondary N) is 1. The summed E-state index contributed by atoms with van der Waals surface area (Å²) in [6, 6.07) is 7.13. The van der Waals surface area contributed by atoms with Crippen molar-refractivity contribution < 1.29 is 28.9 Å². The Morgan fingerprint density at radius 3 is 2.33 bits per heavy atom. The van der Waals surface area contributed by atoms with Crippen LogP contribution in [0.15, 0.2) is 24.3 Å². The third-order valence-electron chi connectivity index (χ3n) is 4.26. The van der Waals surface area contributed by atoms with Gasteiger partial charge in [0.05, 0.1) is 21.3 Å². The lowest BCUT2D eigenvalue weighted by molar-refractivity contribution is -0.137. The first-order valence-corrected chi connectivity index (χ1v) is 8.74. The summed E-state index contributed by atoms with van der Waals surface area (Å²) in [4.78, 5) is 22.8. The number of ether oxygens (including phenoxy) is 3. The third-order valence-corrected chi connectivity index (χ3v) is 4.26. The standard InChI is InChI=1S/C20H25NO6/c1-25-16-12-14-11-13(8-9-15(14)18(26-2)19(16)27-3)20(24)21-10-6-4-5-7-17(22)23/h8-9,11-12H,4-7,10H2,1-3H3,(H,21,24)(H,22,23). The van der Waals surface area contributed by atoms with Crippen molar-refractivity contribution in [3.05, 3.63) is 29.8 Å². The smallest absolute Gasteiger partial charge is 0.303 e. The topological polar surface area (TPSA) is 94.1 Å². The summed E-state index contributed by atoms with van der Waals surface area (Å²) in [7, 11) is 4.65. The van der Waals surface area contributed by atoms with E-state index in [1.165, 1.54) is 0 Å². The summed E-state index contributed by atoms with van der Waals surface area (Å²) in [6.45, 7) is 0.506. The van der Waals surface area contributed by atoms with Gasteiger partial charge in [-0.25, -0.2) is 0 Å². The van der Waals surface area contributed by atoms with Crippen molar-refractivity contribution >= 4 is 22.6 Å². The number of hydrogen-bond acceptors (Lipinski definition) is 5. The van der Waals surface area contributed by atoms with Gasteiger partial charge in [-0.15, -0.1) is 0 Å². The van der Waals surface area contributed by atoms with Crippen LogP contribution in [0.25, 0.3) is 10.8 Å². The van der Waals surface area contributed by atoms with Crippen molar-refractivity contribution in [2.24, 2.45) is 0 Å². The number of carbonyl (C=O) groups is 2. The molecule has 0 aliphatic rings. The van der Waals surface area contributed by atoms with Crippen molar-refractivity contribution in [1.29, 1.82) is 0 Å². The van der Waals surface area contributed by atoms with E-state index in [4.69, 9.17) is 19.3 Å². The first kappa shape index (κ1) is 20.4. The number of aliphatic carboxylic acids is 1. The van der Waals surface area contributed by atoms with E-state index >= 15 is 0 Å². The third kappa shape index (κ3) is 5.03. The van der Waals surface area contributed by atoms with Crippen molar-refractivity contribution in [3.8, 4) is 17.2 Å². The molecule has 0 fully saturated rings. The lowest BCUT2D eigenvalue weighted by Gasteiger charge is -2.15. The zero-order valence-corrected chi connectivity index (χ0v) is 15.8. The van der Waals surface area contributed by atoms with E-state index in [2.05, 4.69) is 5.32 Å². The molecule has 7 nitrogen and oxygen atoms in total. The molecular formula is C20H25NO6. The molecule has 7 heteroatoms. The van der Waals surface area contributed by atoms with Crippen LogP contribution in [0.4, 0.5) is 0 Å². The Bertz CT molecular complexity index is 818. The molecule has 0 radical (unpaired) electrons. The van der Waals surface area contributed by atoms with E-state index in [0.717, 1.165) is 23.6 Å². The maximum Gasteiger partial charge on any atom is 0.303 e. The highest BCUT2D eigenvalue weighted by molar-refractivity contribution is 6.01. The average Bonchev–Trinajstić information content (AvgIpc) is 2.67. The molecule has 0 aliphatic heterocycles. The summed E-state index contributed by atoms with van der Waals surface area (Å²) in [5.41, 5.74) is 0.530. The lowest BCUT2D eigenvalue weighted by atomic mass is 10.0. The molecule has 0 saturated heterocycles. The number of fused-ring (bicyclic) bond motifs is 1. The van der Waals surface area contributed by atoms with E-state index in [1.54, 1.807) is 39.5 Å². The first-order valence-electron chi connectivity index (χ1n) is 8.74. The molecule has 0 aromatic heterocycles. The van der Waals surface area contributed by atoms with Gasteiger partial charge in [0.2, 0.25) is 5.75 Å². The van der Waals surface area contributed by atoms with Crippen molar-refractivity contribution in [3.63, 3.8) is 0 Å². The molecule has 27 heavy (non-hydrogen) atoms. The van der Waals surface area contributed by atoms with Gasteiger partial charge in [-0.3, -0.25) is 9.59 Å². The molecule has 0 saturated carbocycles. The van der Waals surface area contributed by atoms with Gasteiger partial charge in [0.15, 0.2) is 11.5 Å². The first-order chi connectivity index (χ1) is 13.0. The maximum atomic E-state index is 12.4. The van der Waals surface area contributed by atoms with E-state index in [1.807, 2.05) is 6.07 Å². The Labute approximate surface area is 158 Å². The second-order valence-electron chi connectivity index (χ2n) is 6.04. The number of amides is 1. The number of unbranched alkanes of at least 4 members (excludes halogenated alkanes) is 2. The van der Waals surface area contributed by atoms with Crippen LogP contribution in [0.5, 0.6) is 17.2 Å². The molecule has 2 N–H and O–H groups in total. The fourth-order valence-corrected chi connectivity index (χ4v) is 2.90. The molecule has 2 rings (SSSR count). The fraction of sp³-hybridized carbons (Fsp3) is 0.400. The zero-order valence-electron chi connectivity index (χ0n) is 15.8. The Morgan fingerprint density at radius 2 is 1.70 bits per heavy atom. The number of carboxylic acids is 1. The van der Waals surface area contributed by atoms with Gasteiger partial charge in [-0.1, -0.05) is 6.42 Å². The minimum Gasteiger partial charge on any atom is -0.493 e. The summed E-state index contributed by atoms with van der Waals surface area (Å²) in [5.74, 6) is 0.614. The monoisotopic (exact) mass is 375 g/mol. The molecule has 2 aromatic carbocycles. The van der Waals surface area contributed by atoms with Crippen LogP contribution in [-0.4, -0.2) is 44.9 Å². The quantitative estimate of drug-likeness (QED) is 0.619. The van der Waals surface area contributed by atoms with Crippen LogP contribution in [0.2, 0.25) is 0 Å². The summed E-state index contributed by atoms with van der Waals surface area (Å²) in [6.07, 6.45) is 2.28. The highest BCUT2D eigenvalue weighted by Crippen LogP contribution is 2.43. The minimum absolute atomic E-state index is 0.158. The molecule has 0 unspecified atom stereocenters. The number of benzene rings is 2. The van der Waals surface area contributed by atoms with Gasteiger partial charge >= 0.3 is 5.97 Å². The Morgan fingerprint density at radius 1 is 0.963 bits per heavy atom. The molecule has 146 valence electrons. The fourth-order valence-electron chi connectivity index (χ4n) is 2.90. The van der Waals surface area contributed by atoms with E-state index in [-0.39, 0.29) is 12.3 Å². The molecule has 0 heterocycles. The molecular weight excluding hydrogens is 350 g/mol. The van der Waals surface area contributed by atoms with E-state index in [9.17, 15) is 9.59 Å². The zero-order chi connectivity index (χ0) is 19.8. The van der Waals surface area contributed by atoms with Crippen LogP contribution in [-0.2, 0) is 4.79 Å². The largest absolute Gasteiger partial charge is 0.493 e. The van der Waals surface area contributed by atoms with Gasteiger partial charge in [-0.05, 0) is 42.5 Å². The molecule has 0 aliphatic carbocycles. The van der Waals surface area contributed by atoms with E-state index in [0.29, 0.717) is 35.8 Å². The Balaban J connectivity index is 2.11. The minimum atomic E-state index is -0.794.